The number of nitrogens with zero attached hydrogens (tertiary/aromatic N) is 4. The Hall–Kier alpha value is -3.19. The summed E-state index contributed by atoms with van der Waals surface area (Å²) in [5.74, 6) is 0.418. The molecular formula is C21H25N5O2. The van der Waals surface area contributed by atoms with Crippen molar-refractivity contribution in [3.05, 3.63) is 64.4 Å². The molecule has 0 saturated carbocycles. The molecule has 0 aliphatic heterocycles. The van der Waals surface area contributed by atoms with Crippen molar-refractivity contribution in [2.75, 3.05) is 38.1 Å². The van der Waals surface area contributed by atoms with E-state index in [1.54, 1.807) is 24.0 Å². The second-order valence-corrected chi connectivity index (χ2v) is 6.61. The molecule has 146 valence electrons. The van der Waals surface area contributed by atoms with E-state index >= 15 is 0 Å². The van der Waals surface area contributed by atoms with E-state index < -0.39 is 0 Å². The number of rotatable bonds is 8. The molecule has 0 atom stereocenters. The maximum absolute atomic E-state index is 12.9. The Morgan fingerprint density at radius 2 is 1.93 bits per heavy atom. The SMILES string of the molecule is COCCCn1c(N/N=C\c2ccc(N(C)C)cc2)nc2ccccc2c1=O. The first kappa shape index (κ1) is 19.6. The number of methoxy groups -OCH3 is 1. The van der Waals surface area contributed by atoms with Gasteiger partial charge in [-0.15, -0.1) is 0 Å². The van der Waals surface area contributed by atoms with Crippen LogP contribution in [0, 0.1) is 0 Å². The summed E-state index contributed by atoms with van der Waals surface area (Å²) >= 11 is 0. The summed E-state index contributed by atoms with van der Waals surface area (Å²) in [7, 11) is 5.64. The van der Waals surface area contributed by atoms with Crippen molar-refractivity contribution in [2.24, 2.45) is 5.10 Å². The summed E-state index contributed by atoms with van der Waals surface area (Å²) in [5, 5.41) is 4.87. The Balaban J connectivity index is 1.85. The molecule has 3 aromatic rings. The summed E-state index contributed by atoms with van der Waals surface area (Å²) in [6, 6.07) is 15.3. The van der Waals surface area contributed by atoms with Gasteiger partial charge in [0.25, 0.3) is 5.56 Å². The molecule has 0 bridgehead atoms. The molecule has 0 unspecified atom stereocenters. The lowest BCUT2D eigenvalue weighted by Gasteiger charge is -2.13. The number of anilines is 2. The van der Waals surface area contributed by atoms with Crippen LogP contribution in [0.1, 0.15) is 12.0 Å². The topological polar surface area (TPSA) is 71.8 Å². The van der Waals surface area contributed by atoms with Crippen molar-refractivity contribution in [1.29, 1.82) is 0 Å². The number of hydrogen-bond acceptors (Lipinski definition) is 6. The highest BCUT2D eigenvalue weighted by molar-refractivity contribution is 5.81. The predicted octanol–water partition coefficient (Wildman–Crippen LogP) is 2.95. The van der Waals surface area contributed by atoms with Crippen LogP contribution in [-0.4, -0.2) is 43.6 Å². The van der Waals surface area contributed by atoms with E-state index in [4.69, 9.17) is 4.74 Å². The Kier molecular flexibility index (Phi) is 6.39. The van der Waals surface area contributed by atoms with Gasteiger partial charge in [0.1, 0.15) is 0 Å². The fourth-order valence-corrected chi connectivity index (χ4v) is 2.85. The quantitative estimate of drug-likeness (QED) is 0.370. The molecule has 28 heavy (non-hydrogen) atoms. The van der Waals surface area contributed by atoms with Gasteiger partial charge in [0.15, 0.2) is 0 Å². The van der Waals surface area contributed by atoms with Crippen LogP contribution in [0.4, 0.5) is 11.6 Å². The van der Waals surface area contributed by atoms with Gasteiger partial charge in [-0.1, -0.05) is 24.3 Å². The van der Waals surface area contributed by atoms with E-state index in [2.05, 4.69) is 15.5 Å². The van der Waals surface area contributed by atoms with Crippen molar-refractivity contribution in [2.45, 2.75) is 13.0 Å². The van der Waals surface area contributed by atoms with Crippen molar-refractivity contribution in [1.82, 2.24) is 9.55 Å². The molecule has 0 amide bonds. The maximum Gasteiger partial charge on any atom is 0.262 e. The van der Waals surface area contributed by atoms with Gasteiger partial charge in [-0.3, -0.25) is 9.36 Å². The number of hydrogen-bond donors (Lipinski definition) is 1. The zero-order valence-electron chi connectivity index (χ0n) is 16.4. The molecule has 1 aromatic heterocycles. The lowest BCUT2D eigenvalue weighted by atomic mass is 10.2. The fraction of sp³-hybridized carbons (Fsp3) is 0.286. The van der Waals surface area contributed by atoms with E-state index in [9.17, 15) is 4.79 Å². The predicted molar refractivity (Wildman–Crippen MR) is 114 cm³/mol. The van der Waals surface area contributed by atoms with Crippen molar-refractivity contribution < 1.29 is 4.74 Å². The lowest BCUT2D eigenvalue weighted by molar-refractivity contribution is 0.190. The minimum Gasteiger partial charge on any atom is -0.385 e. The Morgan fingerprint density at radius 3 is 2.64 bits per heavy atom. The highest BCUT2D eigenvalue weighted by Crippen LogP contribution is 2.13. The summed E-state index contributed by atoms with van der Waals surface area (Å²) < 4.78 is 6.71. The van der Waals surface area contributed by atoms with Gasteiger partial charge in [-0.05, 0) is 36.2 Å². The molecule has 7 heteroatoms. The number of ether oxygens (including phenoxy) is 1. The highest BCUT2D eigenvalue weighted by Gasteiger charge is 2.10. The summed E-state index contributed by atoms with van der Waals surface area (Å²) in [4.78, 5) is 19.5. The number of para-hydroxylation sites is 1. The molecule has 0 aliphatic carbocycles. The summed E-state index contributed by atoms with van der Waals surface area (Å²) in [6.07, 6.45) is 2.42. The molecule has 7 nitrogen and oxygen atoms in total. The van der Waals surface area contributed by atoms with E-state index in [0.29, 0.717) is 36.4 Å². The Labute approximate surface area is 164 Å². The van der Waals surface area contributed by atoms with Gasteiger partial charge >= 0.3 is 0 Å². The zero-order valence-corrected chi connectivity index (χ0v) is 16.4. The molecule has 3 rings (SSSR count). The van der Waals surface area contributed by atoms with E-state index in [-0.39, 0.29) is 5.56 Å². The first-order valence-corrected chi connectivity index (χ1v) is 9.15. The smallest absolute Gasteiger partial charge is 0.262 e. The Morgan fingerprint density at radius 1 is 1.18 bits per heavy atom. The van der Waals surface area contributed by atoms with Gasteiger partial charge in [-0.2, -0.15) is 5.10 Å². The molecule has 0 fully saturated rings. The summed E-state index contributed by atoms with van der Waals surface area (Å²) in [6.45, 7) is 1.07. The molecule has 0 aliphatic rings. The van der Waals surface area contributed by atoms with E-state index in [0.717, 1.165) is 11.3 Å². The molecule has 2 aromatic carbocycles. The van der Waals surface area contributed by atoms with Crippen LogP contribution in [-0.2, 0) is 11.3 Å². The van der Waals surface area contributed by atoms with E-state index in [1.807, 2.05) is 61.5 Å². The van der Waals surface area contributed by atoms with Gasteiger partial charge in [-0.25, -0.2) is 10.4 Å². The normalized spacial score (nSPS) is 11.2. The maximum atomic E-state index is 12.9. The molecule has 1 N–H and O–H groups in total. The van der Waals surface area contributed by atoms with Crippen molar-refractivity contribution in [3.63, 3.8) is 0 Å². The number of nitrogens with one attached hydrogen (secondary N) is 1. The fourth-order valence-electron chi connectivity index (χ4n) is 2.85. The average Bonchev–Trinajstić information content (AvgIpc) is 2.70. The molecule has 1 heterocycles. The molecular weight excluding hydrogens is 354 g/mol. The van der Waals surface area contributed by atoms with Gasteiger partial charge in [0.05, 0.1) is 17.1 Å². The van der Waals surface area contributed by atoms with Crippen molar-refractivity contribution in [3.8, 4) is 0 Å². The highest BCUT2D eigenvalue weighted by atomic mass is 16.5. The number of aromatic nitrogens is 2. The minimum absolute atomic E-state index is 0.0882. The first-order chi connectivity index (χ1) is 13.6. The zero-order chi connectivity index (χ0) is 19.9. The van der Waals surface area contributed by atoms with Gasteiger partial charge in [0.2, 0.25) is 5.95 Å². The summed E-state index contributed by atoms with van der Waals surface area (Å²) in [5.41, 5.74) is 5.55. The lowest BCUT2D eigenvalue weighted by Crippen LogP contribution is -2.24. The molecule has 0 spiro atoms. The molecule has 0 saturated heterocycles. The number of benzene rings is 2. The van der Waals surface area contributed by atoms with Crippen molar-refractivity contribution >= 4 is 28.8 Å². The largest absolute Gasteiger partial charge is 0.385 e. The third-order valence-corrected chi connectivity index (χ3v) is 4.38. The Bertz CT molecular complexity index is 1010. The first-order valence-electron chi connectivity index (χ1n) is 9.15. The monoisotopic (exact) mass is 379 g/mol. The third kappa shape index (κ3) is 4.55. The van der Waals surface area contributed by atoms with E-state index in [1.165, 1.54) is 0 Å². The number of fused-ring (bicyclic) bond motifs is 1. The van der Waals surface area contributed by atoms with Crippen LogP contribution in [0.3, 0.4) is 0 Å². The third-order valence-electron chi connectivity index (χ3n) is 4.38. The van der Waals surface area contributed by atoms with Crippen LogP contribution >= 0.6 is 0 Å². The van der Waals surface area contributed by atoms with Crippen LogP contribution in [0.2, 0.25) is 0 Å². The van der Waals surface area contributed by atoms with Crippen LogP contribution in [0.5, 0.6) is 0 Å². The van der Waals surface area contributed by atoms with Crippen LogP contribution in [0.25, 0.3) is 10.9 Å². The van der Waals surface area contributed by atoms with Gasteiger partial charge in [0, 0.05) is 40.0 Å². The van der Waals surface area contributed by atoms with Crippen LogP contribution in [0.15, 0.2) is 58.4 Å². The average molecular weight is 379 g/mol. The van der Waals surface area contributed by atoms with Crippen LogP contribution < -0.4 is 15.9 Å². The second-order valence-electron chi connectivity index (χ2n) is 6.61. The second kappa shape index (κ2) is 9.14. The standard InChI is InChI=1S/C21H25N5O2/c1-25(2)17-11-9-16(10-12-17)15-22-24-21-23-19-8-5-4-7-18(19)20(27)26(21)13-6-14-28-3/h4-5,7-12,15H,6,13-14H2,1-3H3,(H,23,24)/b22-15-. The molecule has 0 radical (unpaired) electrons. The number of hydrazone groups is 1. The van der Waals surface area contributed by atoms with Gasteiger partial charge < -0.3 is 9.64 Å². The minimum atomic E-state index is -0.0882.